The molecule has 1 atom stereocenters. The Bertz CT molecular complexity index is 590. The van der Waals surface area contributed by atoms with Gasteiger partial charge in [0.25, 0.3) is 0 Å². The number of carbonyl (C=O) groups is 2. The van der Waals surface area contributed by atoms with Gasteiger partial charge in [0.1, 0.15) is 17.8 Å². The maximum absolute atomic E-state index is 13.6. The van der Waals surface area contributed by atoms with Crippen LogP contribution in [-0.2, 0) is 4.79 Å². The monoisotopic (exact) mass is 339 g/mol. The van der Waals surface area contributed by atoms with Crippen molar-refractivity contribution >= 4 is 17.8 Å². The highest BCUT2D eigenvalue weighted by atomic mass is 19.4. The fraction of sp³-hybridized carbons (Fsp3) is 0.500. The van der Waals surface area contributed by atoms with Gasteiger partial charge in [0, 0.05) is 6.07 Å². The molecule has 1 unspecified atom stereocenters. The number of nitrogens with one attached hydrogen (secondary N) is 1. The molecule has 1 aromatic heterocycles. The third-order valence-electron chi connectivity index (χ3n) is 3.00. The van der Waals surface area contributed by atoms with E-state index in [1.165, 1.54) is 6.07 Å². The van der Waals surface area contributed by atoms with Crippen LogP contribution < -0.4 is 5.32 Å². The number of carboxylic acid groups (broad SMARTS) is 2. The van der Waals surface area contributed by atoms with E-state index in [0.717, 1.165) is 6.33 Å². The summed E-state index contributed by atoms with van der Waals surface area (Å²) in [6.07, 6.45) is -2.85. The molecule has 0 radical (unpaired) electrons. The van der Waals surface area contributed by atoms with Gasteiger partial charge in [-0.25, -0.2) is 23.9 Å². The van der Waals surface area contributed by atoms with Gasteiger partial charge in [-0.1, -0.05) is 0 Å². The number of anilines is 1. The van der Waals surface area contributed by atoms with Crippen molar-refractivity contribution in [3.8, 4) is 0 Å². The number of nitrogens with zero attached hydrogens (tertiary/aromatic N) is 2. The van der Waals surface area contributed by atoms with Crippen molar-refractivity contribution in [1.82, 2.24) is 9.97 Å². The highest BCUT2D eigenvalue weighted by molar-refractivity contribution is 5.86. The van der Waals surface area contributed by atoms with Crippen molar-refractivity contribution in [2.45, 2.75) is 37.7 Å². The average molecular weight is 339 g/mol. The zero-order valence-corrected chi connectivity index (χ0v) is 11.8. The summed E-state index contributed by atoms with van der Waals surface area (Å²) in [5.74, 6) is -3.55. The van der Waals surface area contributed by atoms with Crippen LogP contribution in [0.25, 0.3) is 0 Å². The Morgan fingerprint density at radius 1 is 1.30 bits per heavy atom. The summed E-state index contributed by atoms with van der Waals surface area (Å²) in [6.45, 7) is 1.72. The van der Waals surface area contributed by atoms with Crippen LogP contribution in [0.4, 0.5) is 23.4 Å². The Morgan fingerprint density at radius 2 is 1.83 bits per heavy atom. The molecule has 1 fully saturated rings. The van der Waals surface area contributed by atoms with Crippen LogP contribution in [0.2, 0.25) is 0 Å². The average Bonchev–Trinajstić information content (AvgIpc) is 3.18. The molecular weight excluding hydrogens is 326 g/mol. The molecule has 0 spiro atoms. The van der Waals surface area contributed by atoms with E-state index in [-0.39, 0.29) is 11.7 Å². The molecule has 3 N–H and O–H groups in total. The topological polar surface area (TPSA) is 112 Å². The Balaban J connectivity index is 0.000000322. The fourth-order valence-corrected chi connectivity index (χ4v) is 1.46. The Labute approximate surface area is 127 Å². The second kappa shape index (κ2) is 6.75. The molecule has 0 aliphatic heterocycles. The molecule has 1 aliphatic rings. The first-order valence-electron chi connectivity index (χ1n) is 6.26. The van der Waals surface area contributed by atoms with Gasteiger partial charge in [0.05, 0.1) is 6.04 Å². The van der Waals surface area contributed by atoms with Crippen molar-refractivity contribution in [2.24, 2.45) is 0 Å². The molecule has 1 aliphatic carbocycles. The van der Waals surface area contributed by atoms with Crippen molar-refractivity contribution in [2.75, 3.05) is 5.32 Å². The van der Waals surface area contributed by atoms with E-state index in [1.807, 2.05) is 0 Å². The summed E-state index contributed by atoms with van der Waals surface area (Å²) >= 11 is 0. The third kappa shape index (κ3) is 5.68. The molecule has 2 rings (SSSR count). The van der Waals surface area contributed by atoms with E-state index >= 15 is 0 Å². The molecule has 0 amide bonds. The van der Waals surface area contributed by atoms with Crippen LogP contribution >= 0.6 is 0 Å². The summed E-state index contributed by atoms with van der Waals surface area (Å²) in [6, 6.07) is 0.925. The van der Waals surface area contributed by atoms with Crippen molar-refractivity contribution in [3.05, 3.63) is 18.1 Å². The lowest BCUT2D eigenvalue weighted by Gasteiger charge is -2.17. The zero-order chi connectivity index (χ0) is 17.8. The first-order chi connectivity index (χ1) is 10.5. The molecule has 0 bridgehead atoms. The summed E-state index contributed by atoms with van der Waals surface area (Å²) in [4.78, 5) is 27.0. The number of rotatable bonds is 4. The van der Waals surface area contributed by atoms with Crippen LogP contribution in [0, 0.1) is 0 Å². The number of halogens is 4. The van der Waals surface area contributed by atoms with Gasteiger partial charge in [-0.15, -0.1) is 0 Å². The number of alkyl halides is 4. The first kappa shape index (κ1) is 18.6. The normalized spacial score (nSPS) is 16.6. The zero-order valence-electron chi connectivity index (χ0n) is 11.8. The molecule has 128 valence electrons. The minimum atomic E-state index is -5.08. The number of hydrogen-bond donors (Lipinski definition) is 3. The summed E-state index contributed by atoms with van der Waals surface area (Å²) in [5, 5.41) is 18.7. The van der Waals surface area contributed by atoms with Gasteiger partial charge >= 0.3 is 18.1 Å². The van der Waals surface area contributed by atoms with Gasteiger partial charge in [0.2, 0.25) is 0 Å². The second-order valence-electron chi connectivity index (χ2n) is 4.80. The second-order valence-corrected chi connectivity index (χ2v) is 4.80. The Hall–Kier alpha value is -2.46. The summed E-state index contributed by atoms with van der Waals surface area (Å²) in [7, 11) is 0. The predicted octanol–water partition coefficient (Wildman–Crippen LogP) is 2.11. The molecule has 0 saturated heterocycles. The number of hydrogen-bond acceptors (Lipinski definition) is 5. The first-order valence-corrected chi connectivity index (χ1v) is 6.26. The van der Waals surface area contributed by atoms with Gasteiger partial charge < -0.3 is 15.5 Å². The predicted molar refractivity (Wildman–Crippen MR) is 68.8 cm³/mol. The van der Waals surface area contributed by atoms with Gasteiger partial charge in [-0.3, -0.25) is 0 Å². The number of aliphatic carboxylic acids is 1. The maximum atomic E-state index is 13.6. The van der Waals surface area contributed by atoms with E-state index in [4.69, 9.17) is 15.0 Å². The molecule has 1 aromatic rings. The molecule has 11 heteroatoms. The van der Waals surface area contributed by atoms with Crippen molar-refractivity contribution in [3.63, 3.8) is 0 Å². The molecule has 23 heavy (non-hydrogen) atoms. The van der Waals surface area contributed by atoms with Gasteiger partial charge in [-0.2, -0.15) is 13.2 Å². The molecule has 1 saturated carbocycles. The lowest BCUT2D eigenvalue weighted by molar-refractivity contribution is -0.192. The van der Waals surface area contributed by atoms with Gasteiger partial charge in [0.15, 0.2) is 5.69 Å². The molecule has 7 nitrogen and oxygen atoms in total. The lowest BCUT2D eigenvalue weighted by Crippen LogP contribution is -2.29. The van der Waals surface area contributed by atoms with Gasteiger partial charge in [-0.05, 0) is 19.8 Å². The van der Waals surface area contributed by atoms with E-state index < -0.39 is 23.8 Å². The molecule has 1 heterocycles. The summed E-state index contributed by atoms with van der Waals surface area (Å²) < 4.78 is 45.4. The lowest BCUT2D eigenvalue weighted by atomic mass is 10.2. The minimum Gasteiger partial charge on any atom is -0.477 e. The third-order valence-corrected chi connectivity index (χ3v) is 3.00. The molecular formula is C12H13F4N3O4. The van der Waals surface area contributed by atoms with Crippen molar-refractivity contribution < 1.29 is 37.4 Å². The number of aromatic carboxylic acids is 1. The van der Waals surface area contributed by atoms with Crippen LogP contribution in [0.5, 0.6) is 0 Å². The smallest absolute Gasteiger partial charge is 0.477 e. The van der Waals surface area contributed by atoms with E-state index in [2.05, 4.69) is 15.3 Å². The van der Waals surface area contributed by atoms with E-state index in [0.29, 0.717) is 18.7 Å². The SMILES string of the molecule is CC(Nc1cc(C(=O)O)ncn1)C1(F)CC1.O=C(O)C(F)(F)F. The maximum Gasteiger partial charge on any atom is 0.490 e. The largest absolute Gasteiger partial charge is 0.490 e. The standard InChI is InChI=1S/C10H12FN3O2.C2HF3O2/c1-6(10(11)2-3-10)14-8-4-7(9(15)16)12-5-13-8;3-2(4,5)1(6)7/h4-6H,2-3H2,1H3,(H,15,16)(H,12,13,14);(H,6,7). The number of carboxylic acids is 2. The highest BCUT2D eigenvalue weighted by Crippen LogP contribution is 2.43. The van der Waals surface area contributed by atoms with Crippen LogP contribution in [0.15, 0.2) is 12.4 Å². The fourth-order valence-electron chi connectivity index (χ4n) is 1.46. The van der Waals surface area contributed by atoms with E-state index in [9.17, 15) is 22.4 Å². The van der Waals surface area contributed by atoms with E-state index in [1.54, 1.807) is 6.92 Å². The van der Waals surface area contributed by atoms with Crippen molar-refractivity contribution in [1.29, 1.82) is 0 Å². The Morgan fingerprint density at radius 3 is 2.22 bits per heavy atom. The molecule has 0 aromatic carbocycles. The Kier molecular flexibility index (Phi) is 5.46. The quantitative estimate of drug-likeness (QED) is 0.720. The van der Waals surface area contributed by atoms with Crippen LogP contribution in [0.1, 0.15) is 30.3 Å². The summed E-state index contributed by atoms with van der Waals surface area (Å²) in [5.41, 5.74) is -1.28. The minimum absolute atomic E-state index is 0.103. The van der Waals surface area contributed by atoms with Crippen LogP contribution in [0.3, 0.4) is 0 Å². The number of aromatic nitrogens is 2. The highest BCUT2D eigenvalue weighted by Gasteiger charge is 2.48. The van der Waals surface area contributed by atoms with Crippen LogP contribution in [-0.4, -0.2) is 50.0 Å².